The van der Waals surface area contributed by atoms with E-state index in [1.807, 2.05) is 25.1 Å². The summed E-state index contributed by atoms with van der Waals surface area (Å²) in [4.78, 5) is 22.1. The van der Waals surface area contributed by atoms with E-state index in [9.17, 15) is 18.3 Å². The molecule has 0 radical (unpaired) electrons. The minimum Gasteiger partial charge on any atom is -0.494 e. The quantitative estimate of drug-likeness (QED) is 0.202. The number of hydrogen-bond acceptors (Lipinski definition) is 9. The van der Waals surface area contributed by atoms with Crippen LogP contribution in [0.25, 0.3) is 10.9 Å². The van der Waals surface area contributed by atoms with Crippen LogP contribution < -0.4 is 13.8 Å². The molecule has 0 unspecified atom stereocenters. The van der Waals surface area contributed by atoms with Crippen molar-refractivity contribution in [3.63, 3.8) is 0 Å². The first kappa shape index (κ1) is 29.9. The topological polar surface area (TPSA) is 134 Å². The molecule has 0 saturated heterocycles. The smallest absolute Gasteiger partial charge is 0.338 e. The Bertz CT molecular complexity index is 1780. The standard InChI is InChI=1S/C31H34N4O7S/c1-5-40-31(37)21-6-12-24-25(18-21)33-30(36)28(24)29(20-7-13-26-27(19-20)42-17-16-41-26)32-22-8-10-23(11-9-22)35(43(4,38)39)15-14-34(2)3/h6-13,18-19,33,36H,5,14-17H2,1-4H3. The lowest BCUT2D eigenvalue weighted by Crippen LogP contribution is -2.35. The van der Waals surface area contributed by atoms with Crippen molar-refractivity contribution in [3.8, 4) is 17.4 Å². The number of esters is 1. The molecule has 2 heterocycles. The number of rotatable bonds is 10. The van der Waals surface area contributed by atoms with Crippen LogP contribution in [0.1, 0.15) is 28.4 Å². The number of carbonyl (C=O) groups excluding carboxylic acids is 1. The van der Waals surface area contributed by atoms with Crippen molar-refractivity contribution in [3.05, 3.63) is 77.4 Å². The van der Waals surface area contributed by atoms with Crippen LogP contribution in [0.2, 0.25) is 0 Å². The highest BCUT2D eigenvalue weighted by molar-refractivity contribution is 7.92. The van der Waals surface area contributed by atoms with Crippen molar-refractivity contribution in [2.45, 2.75) is 6.92 Å². The van der Waals surface area contributed by atoms with E-state index in [2.05, 4.69) is 4.98 Å². The summed E-state index contributed by atoms with van der Waals surface area (Å²) in [6.45, 7) is 3.69. The third kappa shape index (κ3) is 6.60. The molecule has 1 aliphatic heterocycles. The molecule has 0 aliphatic carbocycles. The number of H-pyrrole nitrogens is 1. The fourth-order valence-corrected chi connectivity index (χ4v) is 5.74. The highest BCUT2D eigenvalue weighted by atomic mass is 32.2. The second-order valence-corrected chi connectivity index (χ2v) is 12.2. The monoisotopic (exact) mass is 606 g/mol. The summed E-state index contributed by atoms with van der Waals surface area (Å²) < 4.78 is 43.0. The molecule has 3 aromatic carbocycles. The zero-order valence-electron chi connectivity index (χ0n) is 24.5. The van der Waals surface area contributed by atoms with Crippen molar-refractivity contribution in [2.75, 3.05) is 57.6 Å². The predicted octanol–water partition coefficient (Wildman–Crippen LogP) is 4.32. The molecule has 0 atom stereocenters. The average molecular weight is 607 g/mol. The molecule has 226 valence electrons. The van der Waals surface area contributed by atoms with Gasteiger partial charge in [-0.05, 0) is 75.6 Å². The molecule has 2 N–H and O–H groups in total. The number of anilines is 1. The predicted molar refractivity (Wildman–Crippen MR) is 166 cm³/mol. The van der Waals surface area contributed by atoms with Crippen LogP contribution in [0.5, 0.6) is 17.4 Å². The molecule has 0 fully saturated rings. The van der Waals surface area contributed by atoms with Crippen LogP contribution in [-0.4, -0.2) is 88.4 Å². The summed E-state index contributed by atoms with van der Waals surface area (Å²) in [7, 11) is 0.264. The zero-order chi connectivity index (χ0) is 30.7. The van der Waals surface area contributed by atoms with E-state index in [0.29, 0.717) is 82.5 Å². The Balaban J connectivity index is 1.61. The van der Waals surface area contributed by atoms with Gasteiger partial charge in [0.15, 0.2) is 17.4 Å². The SMILES string of the molecule is CCOC(=O)c1ccc2c(C(=Nc3ccc(N(CCN(C)C)S(C)(=O)=O)cc3)c3ccc4c(c3)OCCO4)c(O)[nH]c2c1. The summed E-state index contributed by atoms with van der Waals surface area (Å²) in [6.07, 6.45) is 1.18. The average Bonchev–Trinajstić information content (AvgIpc) is 3.30. The molecule has 0 spiro atoms. The number of carbonyl (C=O) groups is 1. The summed E-state index contributed by atoms with van der Waals surface area (Å²) in [6, 6.07) is 17.3. The number of ether oxygens (including phenoxy) is 3. The van der Waals surface area contributed by atoms with Gasteiger partial charge in [0.1, 0.15) is 13.2 Å². The first-order valence-corrected chi connectivity index (χ1v) is 15.6. The van der Waals surface area contributed by atoms with E-state index in [4.69, 9.17) is 19.2 Å². The lowest BCUT2D eigenvalue weighted by atomic mass is 9.99. The third-order valence-corrected chi connectivity index (χ3v) is 8.07. The zero-order valence-corrected chi connectivity index (χ0v) is 25.3. The Morgan fingerprint density at radius 3 is 2.35 bits per heavy atom. The Kier molecular flexibility index (Phi) is 8.60. The number of fused-ring (bicyclic) bond motifs is 2. The van der Waals surface area contributed by atoms with Gasteiger partial charge in [-0.15, -0.1) is 0 Å². The fourth-order valence-electron chi connectivity index (χ4n) is 4.82. The molecular formula is C31H34N4O7S. The van der Waals surface area contributed by atoms with E-state index in [-0.39, 0.29) is 12.5 Å². The van der Waals surface area contributed by atoms with Gasteiger partial charge >= 0.3 is 5.97 Å². The number of aromatic hydroxyl groups is 1. The number of hydrogen-bond donors (Lipinski definition) is 2. The first-order chi connectivity index (χ1) is 20.5. The number of aromatic amines is 1. The summed E-state index contributed by atoms with van der Waals surface area (Å²) in [5.74, 6) is 0.572. The summed E-state index contributed by atoms with van der Waals surface area (Å²) in [5.41, 5.74) is 3.45. The summed E-state index contributed by atoms with van der Waals surface area (Å²) >= 11 is 0. The molecular weight excluding hydrogens is 572 g/mol. The fraction of sp³-hybridized carbons (Fsp3) is 0.290. The van der Waals surface area contributed by atoms with Crippen molar-refractivity contribution >= 4 is 44.0 Å². The molecule has 11 nitrogen and oxygen atoms in total. The van der Waals surface area contributed by atoms with E-state index in [0.717, 1.165) is 0 Å². The normalized spacial score (nSPS) is 13.4. The molecule has 5 rings (SSSR count). The van der Waals surface area contributed by atoms with Gasteiger partial charge < -0.3 is 29.2 Å². The minimum absolute atomic E-state index is 0.131. The number of nitrogens with one attached hydrogen (secondary N) is 1. The Morgan fingerprint density at radius 1 is 0.977 bits per heavy atom. The van der Waals surface area contributed by atoms with Crippen LogP contribution >= 0.6 is 0 Å². The van der Waals surface area contributed by atoms with E-state index < -0.39 is 16.0 Å². The first-order valence-electron chi connectivity index (χ1n) is 13.8. The van der Waals surface area contributed by atoms with Crippen LogP contribution in [0.4, 0.5) is 11.4 Å². The molecule has 1 aromatic heterocycles. The maximum Gasteiger partial charge on any atom is 0.338 e. The highest BCUT2D eigenvalue weighted by Gasteiger charge is 2.23. The van der Waals surface area contributed by atoms with Crippen LogP contribution in [-0.2, 0) is 14.8 Å². The number of aliphatic imine (C=N–C) groups is 1. The third-order valence-electron chi connectivity index (χ3n) is 6.87. The van der Waals surface area contributed by atoms with Gasteiger partial charge in [-0.2, -0.15) is 0 Å². The maximum atomic E-state index is 12.5. The van der Waals surface area contributed by atoms with Gasteiger partial charge in [0.25, 0.3) is 0 Å². The van der Waals surface area contributed by atoms with Gasteiger partial charge in [-0.1, -0.05) is 6.07 Å². The second kappa shape index (κ2) is 12.4. The molecule has 12 heteroatoms. The van der Waals surface area contributed by atoms with Gasteiger partial charge in [-0.3, -0.25) is 4.31 Å². The van der Waals surface area contributed by atoms with Crippen molar-refractivity contribution in [1.29, 1.82) is 0 Å². The Labute approximate surface area is 250 Å². The lowest BCUT2D eigenvalue weighted by molar-refractivity contribution is 0.0526. The van der Waals surface area contributed by atoms with Crippen LogP contribution in [0, 0.1) is 0 Å². The van der Waals surface area contributed by atoms with Crippen LogP contribution in [0.15, 0.2) is 65.7 Å². The molecule has 43 heavy (non-hydrogen) atoms. The number of likely N-dealkylation sites (N-methyl/N-ethyl adjacent to an activating group) is 1. The molecule has 4 aromatic rings. The summed E-state index contributed by atoms with van der Waals surface area (Å²) in [5, 5.41) is 11.8. The molecule has 0 saturated carbocycles. The van der Waals surface area contributed by atoms with E-state index >= 15 is 0 Å². The largest absolute Gasteiger partial charge is 0.494 e. The second-order valence-electron chi connectivity index (χ2n) is 10.3. The van der Waals surface area contributed by atoms with Crippen molar-refractivity contribution in [2.24, 2.45) is 4.99 Å². The van der Waals surface area contributed by atoms with Gasteiger partial charge in [0.05, 0.1) is 41.1 Å². The molecule has 0 bridgehead atoms. The minimum atomic E-state index is -3.51. The van der Waals surface area contributed by atoms with E-state index in [1.165, 1.54) is 10.6 Å². The highest BCUT2D eigenvalue weighted by Crippen LogP contribution is 2.36. The number of sulfonamides is 1. The maximum absolute atomic E-state index is 12.5. The number of nitrogens with zero attached hydrogens (tertiary/aromatic N) is 3. The number of benzene rings is 3. The van der Waals surface area contributed by atoms with Gasteiger partial charge in [0.2, 0.25) is 10.0 Å². The molecule has 0 amide bonds. The van der Waals surface area contributed by atoms with Gasteiger partial charge in [-0.25, -0.2) is 18.2 Å². The lowest BCUT2D eigenvalue weighted by Gasteiger charge is -2.24. The van der Waals surface area contributed by atoms with Gasteiger partial charge in [0, 0.05) is 29.6 Å². The van der Waals surface area contributed by atoms with E-state index in [1.54, 1.807) is 61.5 Å². The van der Waals surface area contributed by atoms with Crippen molar-refractivity contribution < 1.29 is 32.5 Å². The Morgan fingerprint density at radius 2 is 1.67 bits per heavy atom. The van der Waals surface area contributed by atoms with Crippen molar-refractivity contribution in [1.82, 2.24) is 9.88 Å². The molecule has 1 aliphatic rings. The number of aromatic nitrogens is 1. The van der Waals surface area contributed by atoms with Crippen LogP contribution in [0.3, 0.4) is 0 Å². The Hall–Kier alpha value is -4.55.